The van der Waals surface area contributed by atoms with E-state index in [0.717, 1.165) is 6.07 Å². The molecule has 136 valence electrons. The number of hydrogen-bond acceptors (Lipinski definition) is 5. The minimum absolute atomic E-state index is 0.0510. The van der Waals surface area contributed by atoms with Crippen LogP contribution in [0.2, 0.25) is 0 Å². The lowest BCUT2D eigenvalue weighted by Crippen LogP contribution is -2.42. The van der Waals surface area contributed by atoms with Crippen LogP contribution in [0.5, 0.6) is 0 Å². The molecule has 4 heterocycles. The normalized spacial score (nSPS) is 20.7. The van der Waals surface area contributed by atoms with Gasteiger partial charge in [-0.15, -0.1) is 0 Å². The van der Waals surface area contributed by atoms with Crippen LogP contribution in [0, 0.1) is 11.6 Å². The van der Waals surface area contributed by atoms with Crippen molar-refractivity contribution in [3.8, 4) is 11.4 Å². The van der Waals surface area contributed by atoms with Gasteiger partial charge in [-0.25, -0.2) is 18.6 Å². The molecular formula is C19H12F2N2O4. The zero-order valence-electron chi connectivity index (χ0n) is 15.0. The molecule has 1 N–H and O–H groups in total. The molecule has 0 radical (unpaired) electrons. The summed E-state index contributed by atoms with van der Waals surface area (Å²) in [5, 5.41) is 10.3. The van der Waals surface area contributed by atoms with Gasteiger partial charge in [0.2, 0.25) is 0 Å². The highest BCUT2D eigenvalue weighted by atomic mass is 19.2. The fraction of sp³-hybridized carbons (Fsp3) is 0.211. The Morgan fingerprint density at radius 2 is 2.15 bits per heavy atom. The van der Waals surface area contributed by atoms with E-state index < -0.39 is 28.8 Å². The van der Waals surface area contributed by atoms with Crippen molar-refractivity contribution >= 4 is 16.9 Å². The first-order valence-corrected chi connectivity index (χ1v) is 8.16. The standard InChI is InChI=1S/C19H12F2N2O4/c1-19(26)11-5-14-16-8(4-9-13(22-16)3-2-12(20)15(9)21)6-23(14)17(24)10(11)7-27-18(19)25/h2-5,26H,6-7H2,1H3/t19-/m0/s1/i4T. The van der Waals surface area contributed by atoms with Gasteiger partial charge in [-0.3, -0.25) is 4.79 Å². The number of cyclic esters (lactones) is 1. The number of fused-ring (bicyclic) bond motifs is 5. The molecule has 27 heavy (non-hydrogen) atoms. The van der Waals surface area contributed by atoms with Crippen LogP contribution < -0.4 is 5.56 Å². The zero-order valence-corrected chi connectivity index (χ0v) is 14.0. The molecule has 5 rings (SSSR count). The highest BCUT2D eigenvalue weighted by Crippen LogP contribution is 2.37. The van der Waals surface area contributed by atoms with E-state index in [4.69, 9.17) is 6.11 Å². The van der Waals surface area contributed by atoms with Crippen molar-refractivity contribution in [3.05, 3.63) is 62.9 Å². The Hall–Kier alpha value is -3.13. The summed E-state index contributed by atoms with van der Waals surface area (Å²) >= 11 is 0. The van der Waals surface area contributed by atoms with Crippen LogP contribution in [0.25, 0.3) is 22.3 Å². The zero-order chi connectivity index (χ0) is 20.0. The number of carbonyl (C=O) groups excluding carboxylic acids is 1. The highest BCUT2D eigenvalue weighted by molar-refractivity contribution is 5.86. The van der Waals surface area contributed by atoms with Crippen molar-refractivity contribution in [2.45, 2.75) is 25.7 Å². The van der Waals surface area contributed by atoms with E-state index in [1.165, 1.54) is 23.6 Å². The molecule has 2 aliphatic heterocycles. The summed E-state index contributed by atoms with van der Waals surface area (Å²) in [5.74, 6) is -3.12. The maximum atomic E-state index is 14.2. The first-order valence-electron chi connectivity index (χ1n) is 8.66. The lowest BCUT2D eigenvalue weighted by atomic mass is 9.90. The summed E-state index contributed by atoms with van der Waals surface area (Å²) in [6, 6.07) is 3.41. The number of hydrogen-bond donors (Lipinski definition) is 1. The summed E-state index contributed by atoms with van der Waals surface area (Å²) in [4.78, 5) is 29.2. The van der Waals surface area contributed by atoms with E-state index in [-0.39, 0.29) is 52.5 Å². The molecule has 6 nitrogen and oxygen atoms in total. The van der Waals surface area contributed by atoms with E-state index in [9.17, 15) is 23.5 Å². The molecule has 2 aliphatic rings. The molecule has 2 aromatic heterocycles. The fourth-order valence-corrected chi connectivity index (χ4v) is 3.64. The first kappa shape index (κ1) is 15.0. The Balaban J connectivity index is 1.85. The second kappa shape index (κ2) is 4.98. The molecule has 1 atom stereocenters. The molecule has 0 amide bonds. The van der Waals surface area contributed by atoms with Gasteiger partial charge in [-0.05, 0) is 31.2 Å². The second-order valence-corrected chi connectivity index (χ2v) is 6.78. The summed E-state index contributed by atoms with van der Waals surface area (Å²) < 4.78 is 42.4. The summed E-state index contributed by atoms with van der Waals surface area (Å²) in [6.07, 6.45) is 0. The quantitative estimate of drug-likeness (QED) is 0.477. The minimum atomic E-state index is -2.00. The number of aliphatic hydroxyl groups is 1. The number of aromatic nitrogens is 2. The fourth-order valence-electron chi connectivity index (χ4n) is 3.64. The van der Waals surface area contributed by atoms with Crippen molar-refractivity contribution in [2.75, 3.05) is 0 Å². The Bertz CT molecular complexity index is 1300. The van der Waals surface area contributed by atoms with Crippen molar-refractivity contribution < 1.29 is 24.8 Å². The average Bonchev–Trinajstić information content (AvgIpc) is 3.02. The summed E-state index contributed by atoms with van der Waals surface area (Å²) in [6.45, 7) is 0.912. The molecule has 1 aromatic carbocycles. The van der Waals surface area contributed by atoms with Crippen LogP contribution in [0.3, 0.4) is 0 Å². The van der Waals surface area contributed by atoms with Crippen molar-refractivity contribution in [1.82, 2.24) is 9.55 Å². The smallest absolute Gasteiger partial charge is 0.342 e. The van der Waals surface area contributed by atoms with E-state index in [2.05, 4.69) is 4.98 Å². The van der Waals surface area contributed by atoms with Crippen LogP contribution in [-0.4, -0.2) is 20.6 Å². The van der Waals surface area contributed by atoms with Crippen LogP contribution in [-0.2, 0) is 28.3 Å². The van der Waals surface area contributed by atoms with Crippen LogP contribution in [0.15, 0.2) is 29.0 Å². The number of ether oxygens (including phenoxy) is 1. The van der Waals surface area contributed by atoms with Gasteiger partial charge < -0.3 is 14.4 Å². The molecule has 0 unspecified atom stereocenters. The third-order valence-corrected chi connectivity index (χ3v) is 5.10. The maximum absolute atomic E-state index is 14.2. The third-order valence-electron chi connectivity index (χ3n) is 5.10. The molecular weight excluding hydrogens is 358 g/mol. The number of carbonyl (C=O) groups is 1. The van der Waals surface area contributed by atoms with Crippen molar-refractivity contribution in [1.29, 1.82) is 0 Å². The summed E-state index contributed by atoms with van der Waals surface area (Å²) in [5.41, 5.74) is -1.33. The number of pyridine rings is 2. The molecule has 0 fully saturated rings. The number of nitrogens with zero attached hydrogens (tertiary/aromatic N) is 2. The Labute approximate surface area is 152 Å². The Morgan fingerprint density at radius 3 is 2.93 bits per heavy atom. The van der Waals surface area contributed by atoms with Gasteiger partial charge in [0.1, 0.15) is 6.61 Å². The van der Waals surface area contributed by atoms with Crippen molar-refractivity contribution in [2.24, 2.45) is 0 Å². The SMILES string of the molecule is [3H]c1c2c(nc3ccc(F)c(F)c13)-c1cc3c(c(=O)n1C2)COC(=O)[C@@]3(C)O. The molecule has 0 saturated carbocycles. The predicted molar refractivity (Wildman–Crippen MR) is 89.8 cm³/mol. The molecule has 0 bridgehead atoms. The average molecular weight is 372 g/mol. The highest BCUT2D eigenvalue weighted by Gasteiger charge is 2.42. The topological polar surface area (TPSA) is 81.4 Å². The Kier molecular flexibility index (Phi) is 2.76. The molecule has 3 aromatic rings. The van der Waals surface area contributed by atoms with E-state index >= 15 is 0 Å². The van der Waals surface area contributed by atoms with Gasteiger partial charge in [0.25, 0.3) is 5.56 Å². The largest absolute Gasteiger partial charge is 0.458 e. The minimum Gasteiger partial charge on any atom is -0.458 e. The summed E-state index contributed by atoms with van der Waals surface area (Å²) in [7, 11) is 0. The van der Waals surface area contributed by atoms with E-state index in [1.54, 1.807) is 0 Å². The second-order valence-electron chi connectivity index (χ2n) is 6.78. The van der Waals surface area contributed by atoms with E-state index in [0.29, 0.717) is 5.69 Å². The van der Waals surface area contributed by atoms with Gasteiger partial charge in [0.15, 0.2) is 17.2 Å². The first-order chi connectivity index (χ1) is 13.2. The van der Waals surface area contributed by atoms with Crippen LogP contribution >= 0.6 is 0 Å². The lowest BCUT2D eigenvalue weighted by molar-refractivity contribution is -0.169. The number of esters is 1. The Morgan fingerprint density at radius 1 is 1.37 bits per heavy atom. The van der Waals surface area contributed by atoms with Gasteiger partial charge in [-0.2, -0.15) is 0 Å². The number of halogens is 2. The third kappa shape index (κ3) is 1.98. The van der Waals surface area contributed by atoms with Gasteiger partial charge in [0.05, 0.1) is 30.4 Å². The molecule has 0 aliphatic carbocycles. The van der Waals surface area contributed by atoms with Crippen molar-refractivity contribution in [3.63, 3.8) is 0 Å². The molecule has 0 saturated heterocycles. The number of benzene rings is 1. The van der Waals surface area contributed by atoms with E-state index in [1.807, 2.05) is 0 Å². The molecule has 8 heteroatoms. The van der Waals surface area contributed by atoms with Gasteiger partial charge in [0, 0.05) is 16.5 Å². The van der Waals surface area contributed by atoms with Crippen LogP contribution in [0.1, 0.15) is 25.0 Å². The maximum Gasteiger partial charge on any atom is 0.342 e. The molecule has 0 spiro atoms. The van der Waals surface area contributed by atoms with Gasteiger partial charge in [-0.1, -0.05) is 0 Å². The van der Waals surface area contributed by atoms with Gasteiger partial charge >= 0.3 is 5.97 Å². The lowest BCUT2D eigenvalue weighted by Gasteiger charge is -2.29. The van der Waals surface area contributed by atoms with Crippen LogP contribution in [0.4, 0.5) is 8.78 Å². The number of rotatable bonds is 0. The predicted octanol–water partition coefficient (Wildman–Crippen LogP) is 1.97. The monoisotopic (exact) mass is 372 g/mol.